The van der Waals surface area contributed by atoms with Crippen LogP contribution in [0.25, 0.3) is 0 Å². The maximum absolute atomic E-state index is 13.3. The molecule has 8 nitrogen and oxygen atoms in total. The number of anilines is 1. The quantitative estimate of drug-likeness (QED) is 0.610. The van der Waals surface area contributed by atoms with Gasteiger partial charge in [0.1, 0.15) is 18.3 Å². The van der Waals surface area contributed by atoms with Gasteiger partial charge in [-0.3, -0.25) is 13.9 Å². The van der Waals surface area contributed by atoms with E-state index in [1.165, 1.54) is 31.2 Å². The lowest BCUT2D eigenvalue weighted by molar-refractivity contribution is -0.139. The van der Waals surface area contributed by atoms with Crippen LogP contribution < -0.4 is 14.4 Å². The van der Waals surface area contributed by atoms with Gasteiger partial charge >= 0.3 is 0 Å². The second kappa shape index (κ2) is 10.5. The number of sulfonamides is 1. The minimum absolute atomic E-state index is 0.137. The third kappa shape index (κ3) is 6.35. The molecule has 0 spiro atoms. The fraction of sp³-hybridized carbons (Fsp3) is 0.333. The third-order valence-corrected chi connectivity index (χ3v) is 6.06. The number of nitrogens with zero attached hydrogens (tertiary/aromatic N) is 2. The van der Waals surface area contributed by atoms with Crippen LogP contribution in [-0.2, 0) is 26.2 Å². The van der Waals surface area contributed by atoms with Crippen molar-refractivity contribution in [1.82, 2.24) is 10.2 Å². The maximum atomic E-state index is 13.3. The summed E-state index contributed by atoms with van der Waals surface area (Å²) in [6, 6.07) is 12.8. The lowest BCUT2D eigenvalue weighted by Gasteiger charge is -2.31. The molecule has 0 fully saturated rings. The molecule has 1 N–H and O–H groups in total. The molecule has 0 aromatic heterocycles. The Morgan fingerprint density at radius 1 is 1.16 bits per heavy atom. The van der Waals surface area contributed by atoms with E-state index in [1.54, 1.807) is 13.0 Å². The number of carbonyl (C=O) groups is 2. The van der Waals surface area contributed by atoms with Gasteiger partial charge in [0.25, 0.3) is 0 Å². The number of rotatable bonds is 9. The zero-order chi connectivity index (χ0) is 23.2. The Morgan fingerprint density at radius 2 is 1.81 bits per heavy atom. The highest BCUT2D eigenvalue weighted by atomic mass is 35.5. The Labute approximate surface area is 187 Å². The van der Waals surface area contributed by atoms with Gasteiger partial charge in [-0.1, -0.05) is 41.9 Å². The number of halogens is 1. The minimum Gasteiger partial charge on any atom is -0.495 e. The SMILES string of the molecule is CNC(=O)[C@@H](C)N(Cc1ccccc1)C(=O)CN(c1cc(Cl)ccc1OC)S(C)(=O)=O. The van der Waals surface area contributed by atoms with E-state index in [1.807, 2.05) is 30.3 Å². The van der Waals surface area contributed by atoms with Crippen molar-refractivity contribution in [3.63, 3.8) is 0 Å². The lowest BCUT2D eigenvalue weighted by atomic mass is 10.1. The van der Waals surface area contributed by atoms with E-state index >= 15 is 0 Å². The number of hydrogen-bond acceptors (Lipinski definition) is 5. The Bertz CT molecular complexity index is 1030. The molecule has 10 heteroatoms. The number of carbonyl (C=O) groups excluding carboxylic acids is 2. The van der Waals surface area contributed by atoms with Crippen LogP contribution in [0.3, 0.4) is 0 Å². The molecule has 0 saturated heterocycles. The first kappa shape index (κ1) is 24.5. The van der Waals surface area contributed by atoms with Crippen LogP contribution >= 0.6 is 11.6 Å². The topological polar surface area (TPSA) is 96.0 Å². The highest BCUT2D eigenvalue weighted by molar-refractivity contribution is 7.92. The van der Waals surface area contributed by atoms with Gasteiger partial charge in [0.15, 0.2) is 0 Å². The number of benzene rings is 2. The Kier molecular flexibility index (Phi) is 8.29. The fourth-order valence-electron chi connectivity index (χ4n) is 3.02. The summed E-state index contributed by atoms with van der Waals surface area (Å²) in [6.45, 7) is 1.20. The standard InChI is InChI=1S/C21H26ClN3O5S/c1-15(21(27)23-2)24(13-16-8-6-5-7-9-16)20(26)14-25(31(4,28)29)18-12-17(22)10-11-19(18)30-3/h5-12,15H,13-14H2,1-4H3,(H,23,27)/t15-/m1/s1. The molecular weight excluding hydrogens is 442 g/mol. The monoisotopic (exact) mass is 467 g/mol. The van der Waals surface area contributed by atoms with Crippen molar-refractivity contribution in [1.29, 1.82) is 0 Å². The Balaban J connectivity index is 2.44. The predicted molar refractivity (Wildman–Crippen MR) is 121 cm³/mol. The molecule has 0 unspecified atom stereocenters. The third-order valence-electron chi connectivity index (χ3n) is 4.70. The summed E-state index contributed by atoms with van der Waals surface area (Å²) in [4.78, 5) is 26.9. The van der Waals surface area contributed by atoms with Crippen molar-refractivity contribution >= 4 is 39.1 Å². The molecule has 0 saturated carbocycles. The van der Waals surface area contributed by atoms with Crippen LogP contribution in [0.2, 0.25) is 5.02 Å². The van der Waals surface area contributed by atoms with Gasteiger partial charge in [0.05, 0.1) is 19.1 Å². The van der Waals surface area contributed by atoms with Crippen LogP contribution in [0.15, 0.2) is 48.5 Å². The summed E-state index contributed by atoms with van der Waals surface area (Å²) >= 11 is 6.06. The van der Waals surface area contributed by atoms with Crippen LogP contribution in [-0.4, -0.2) is 58.1 Å². The van der Waals surface area contributed by atoms with E-state index < -0.39 is 28.5 Å². The molecule has 1 atom stereocenters. The summed E-state index contributed by atoms with van der Waals surface area (Å²) in [5.41, 5.74) is 0.941. The van der Waals surface area contributed by atoms with Crippen molar-refractivity contribution in [2.24, 2.45) is 0 Å². The molecule has 0 aliphatic rings. The highest BCUT2D eigenvalue weighted by Crippen LogP contribution is 2.33. The average molecular weight is 468 g/mol. The van der Waals surface area contributed by atoms with E-state index in [0.717, 1.165) is 16.1 Å². The lowest BCUT2D eigenvalue weighted by Crippen LogP contribution is -2.50. The normalized spacial score (nSPS) is 12.0. The molecule has 168 valence electrons. The van der Waals surface area contributed by atoms with Gasteiger partial charge in [0.2, 0.25) is 21.8 Å². The zero-order valence-electron chi connectivity index (χ0n) is 17.8. The van der Waals surface area contributed by atoms with Gasteiger partial charge in [0, 0.05) is 18.6 Å². The van der Waals surface area contributed by atoms with Gasteiger partial charge < -0.3 is 15.0 Å². The van der Waals surface area contributed by atoms with Crippen LogP contribution in [0, 0.1) is 0 Å². The first-order chi connectivity index (χ1) is 14.6. The van der Waals surface area contributed by atoms with Crippen molar-refractivity contribution in [3.05, 3.63) is 59.1 Å². The summed E-state index contributed by atoms with van der Waals surface area (Å²) in [5, 5.41) is 2.81. The maximum Gasteiger partial charge on any atom is 0.244 e. The van der Waals surface area contributed by atoms with E-state index in [0.29, 0.717) is 0 Å². The van der Waals surface area contributed by atoms with Crippen LogP contribution in [0.4, 0.5) is 5.69 Å². The minimum atomic E-state index is -3.87. The second-order valence-corrected chi connectivity index (χ2v) is 9.23. The molecule has 2 amide bonds. The van der Waals surface area contributed by atoms with Gasteiger partial charge in [-0.15, -0.1) is 0 Å². The van der Waals surface area contributed by atoms with E-state index in [-0.39, 0.29) is 28.9 Å². The highest BCUT2D eigenvalue weighted by Gasteiger charge is 2.30. The molecular formula is C21H26ClN3O5S. The largest absolute Gasteiger partial charge is 0.495 e. The number of methoxy groups -OCH3 is 1. The zero-order valence-corrected chi connectivity index (χ0v) is 19.4. The summed E-state index contributed by atoms with van der Waals surface area (Å²) in [6.07, 6.45) is 0.990. The van der Waals surface area contributed by atoms with Crippen molar-refractivity contribution in [2.75, 3.05) is 31.3 Å². The molecule has 31 heavy (non-hydrogen) atoms. The first-order valence-corrected chi connectivity index (χ1v) is 11.7. The molecule has 2 aromatic rings. The molecule has 2 rings (SSSR count). The summed E-state index contributed by atoms with van der Waals surface area (Å²) < 4.78 is 31.3. The van der Waals surface area contributed by atoms with Gasteiger partial charge in [-0.2, -0.15) is 0 Å². The molecule has 0 aliphatic heterocycles. The van der Waals surface area contributed by atoms with Crippen LogP contribution in [0.5, 0.6) is 5.75 Å². The van der Waals surface area contributed by atoms with E-state index in [9.17, 15) is 18.0 Å². The van der Waals surface area contributed by atoms with Crippen molar-refractivity contribution in [3.8, 4) is 5.75 Å². The number of nitrogens with one attached hydrogen (secondary N) is 1. The molecule has 0 heterocycles. The van der Waals surface area contributed by atoms with Gasteiger partial charge in [-0.25, -0.2) is 8.42 Å². The number of likely N-dealkylation sites (N-methyl/N-ethyl adjacent to an activating group) is 1. The average Bonchev–Trinajstić information content (AvgIpc) is 2.74. The predicted octanol–water partition coefficient (Wildman–Crippen LogP) is 2.28. The number of hydrogen-bond donors (Lipinski definition) is 1. The molecule has 2 aromatic carbocycles. The van der Waals surface area contributed by atoms with Gasteiger partial charge in [-0.05, 0) is 30.7 Å². The summed E-state index contributed by atoms with van der Waals surface area (Å²) in [7, 11) is -1.00. The van der Waals surface area contributed by atoms with E-state index in [2.05, 4.69) is 5.32 Å². The Hall–Kier alpha value is -2.78. The fourth-order valence-corrected chi connectivity index (χ4v) is 4.04. The summed E-state index contributed by atoms with van der Waals surface area (Å²) in [5.74, 6) is -0.667. The van der Waals surface area contributed by atoms with Crippen LogP contribution in [0.1, 0.15) is 12.5 Å². The molecule has 0 bridgehead atoms. The van der Waals surface area contributed by atoms with Crippen molar-refractivity contribution < 1.29 is 22.7 Å². The van der Waals surface area contributed by atoms with E-state index in [4.69, 9.17) is 16.3 Å². The molecule has 0 radical (unpaired) electrons. The second-order valence-electron chi connectivity index (χ2n) is 6.88. The number of ether oxygens (including phenoxy) is 1. The Morgan fingerprint density at radius 3 is 2.35 bits per heavy atom. The number of amides is 2. The first-order valence-electron chi connectivity index (χ1n) is 9.44. The van der Waals surface area contributed by atoms with Crippen molar-refractivity contribution in [2.45, 2.75) is 19.5 Å². The molecule has 0 aliphatic carbocycles. The smallest absolute Gasteiger partial charge is 0.244 e.